The molecule has 0 radical (unpaired) electrons. The summed E-state index contributed by atoms with van der Waals surface area (Å²) in [6.45, 7) is 3.24. The smallest absolute Gasteiger partial charge is 0.256 e. The third-order valence-corrected chi connectivity index (χ3v) is 5.13. The number of nitrogens with zero attached hydrogens (tertiary/aromatic N) is 2. The van der Waals surface area contributed by atoms with E-state index >= 15 is 0 Å². The Balaban J connectivity index is 1.61. The van der Waals surface area contributed by atoms with Gasteiger partial charge in [0.05, 0.1) is 18.8 Å². The second-order valence-corrected chi connectivity index (χ2v) is 6.54. The van der Waals surface area contributed by atoms with E-state index in [2.05, 4.69) is 17.0 Å². The Morgan fingerprint density at radius 3 is 2.44 bits per heavy atom. The van der Waals surface area contributed by atoms with Crippen molar-refractivity contribution in [1.29, 1.82) is 0 Å². The molecule has 0 aromatic heterocycles. The minimum Gasteiger partial charge on any atom is -0.374 e. The molecule has 0 bridgehead atoms. The van der Waals surface area contributed by atoms with E-state index in [-0.39, 0.29) is 5.91 Å². The first-order valence-corrected chi connectivity index (χ1v) is 8.47. The zero-order valence-corrected chi connectivity index (χ0v) is 13.9. The van der Waals surface area contributed by atoms with Crippen molar-refractivity contribution in [2.75, 3.05) is 26.3 Å². The van der Waals surface area contributed by atoms with Gasteiger partial charge in [0.15, 0.2) is 6.29 Å². The van der Waals surface area contributed by atoms with E-state index in [1.54, 1.807) is 24.3 Å². The van der Waals surface area contributed by atoms with Crippen LogP contribution in [0.25, 0.3) is 0 Å². The zero-order valence-electron chi connectivity index (χ0n) is 13.9. The lowest BCUT2D eigenvalue weighted by Crippen LogP contribution is -2.67. The van der Waals surface area contributed by atoms with Crippen LogP contribution in [-0.2, 0) is 11.3 Å². The lowest BCUT2D eigenvalue weighted by atomic mass is 10.0. The Morgan fingerprint density at radius 1 is 1.04 bits per heavy atom. The summed E-state index contributed by atoms with van der Waals surface area (Å²) in [4.78, 5) is 28.6. The molecular weight excluding hydrogens is 316 g/mol. The highest BCUT2D eigenvalue weighted by molar-refractivity contribution is 6.01. The summed E-state index contributed by atoms with van der Waals surface area (Å²) < 4.78 is 5.50. The first-order chi connectivity index (χ1) is 12.2. The lowest BCUT2D eigenvalue weighted by molar-refractivity contribution is -0.176. The molecule has 1 amide bonds. The maximum absolute atomic E-state index is 13.1. The van der Waals surface area contributed by atoms with Crippen molar-refractivity contribution in [3.8, 4) is 0 Å². The first-order valence-electron chi connectivity index (χ1n) is 8.47. The van der Waals surface area contributed by atoms with Crippen LogP contribution in [0.15, 0.2) is 54.6 Å². The molecule has 2 heterocycles. The molecule has 2 aromatic carbocycles. The van der Waals surface area contributed by atoms with Gasteiger partial charge in [-0.25, -0.2) is 0 Å². The largest absolute Gasteiger partial charge is 0.374 e. The molecule has 2 aromatic rings. The molecule has 2 saturated heterocycles. The van der Waals surface area contributed by atoms with Crippen LogP contribution in [0.1, 0.15) is 26.3 Å². The van der Waals surface area contributed by atoms with Gasteiger partial charge in [-0.3, -0.25) is 14.5 Å². The first kappa shape index (κ1) is 16.0. The molecule has 2 fully saturated rings. The van der Waals surface area contributed by atoms with Crippen LogP contribution in [0.5, 0.6) is 0 Å². The normalized spacial score (nSPS) is 19.0. The molecule has 25 heavy (non-hydrogen) atoms. The number of benzene rings is 2. The van der Waals surface area contributed by atoms with Gasteiger partial charge in [0.25, 0.3) is 5.91 Å². The highest BCUT2D eigenvalue weighted by Gasteiger charge is 2.54. The van der Waals surface area contributed by atoms with Crippen molar-refractivity contribution < 1.29 is 14.3 Å². The van der Waals surface area contributed by atoms with E-state index in [1.165, 1.54) is 5.56 Å². The second-order valence-electron chi connectivity index (χ2n) is 6.54. The van der Waals surface area contributed by atoms with Gasteiger partial charge in [0.1, 0.15) is 5.66 Å². The summed E-state index contributed by atoms with van der Waals surface area (Å²) in [6.07, 6.45) is 0.745. The van der Waals surface area contributed by atoms with Gasteiger partial charge in [0, 0.05) is 25.2 Å². The van der Waals surface area contributed by atoms with Gasteiger partial charge < -0.3 is 9.64 Å². The van der Waals surface area contributed by atoms with Crippen LogP contribution in [0.2, 0.25) is 0 Å². The molecule has 0 unspecified atom stereocenters. The fourth-order valence-electron chi connectivity index (χ4n) is 3.69. The van der Waals surface area contributed by atoms with Gasteiger partial charge in [0.2, 0.25) is 0 Å². The van der Waals surface area contributed by atoms with Gasteiger partial charge in [-0.05, 0) is 11.6 Å². The molecule has 128 valence electrons. The summed E-state index contributed by atoms with van der Waals surface area (Å²) in [5, 5.41) is 0. The second kappa shape index (κ2) is 6.43. The highest BCUT2D eigenvalue weighted by Crippen LogP contribution is 2.36. The van der Waals surface area contributed by atoms with E-state index < -0.39 is 5.66 Å². The molecule has 5 nitrogen and oxygen atoms in total. The number of aldehydes is 1. The minimum absolute atomic E-state index is 0.0958. The third kappa shape index (κ3) is 2.65. The Bertz CT molecular complexity index is 787. The van der Waals surface area contributed by atoms with Crippen LogP contribution in [0, 0.1) is 0 Å². The maximum atomic E-state index is 13.1. The van der Waals surface area contributed by atoms with Crippen molar-refractivity contribution >= 4 is 12.2 Å². The summed E-state index contributed by atoms with van der Waals surface area (Å²) in [7, 11) is 0. The fraction of sp³-hybridized carbons (Fsp3) is 0.300. The third-order valence-electron chi connectivity index (χ3n) is 5.13. The van der Waals surface area contributed by atoms with Gasteiger partial charge in [-0.2, -0.15) is 0 Å². The van der Waals surface area contributed by atoms with Crippen molar-refractivity contribution in [2.24, 2.45) is 0 Å². The SMILES string of the molecule is O=Cc1ccccc1C(=O)N1CCN(Cc2ccccc2)C12COC2. The maximum Gasteiger partial charge on any atom is 0.256 e. The molecule has 0 aliphatic carbocycles. The van der Waals surface area contributed by atoms with Crippen LogP contribution < -0.4 is 0 Å². The number of carbonyl (C=O) groups excluding carboxylic acids is 2. The Hall–Kier alpha value is -2.50. The van der Waals surface area contributed by atoms with Gasteiger partial charge >= 0.3 is 0 Å². The average Bonchev–Trinajstić information content (AvgIpc) is 3.01. The summed E-state index contributed by atoms with van der Waals surface area (Å²) in [5.41, 5.74) is 1.72. The quantitative estimate of drug-likeness (QED) is 0.803. The predicted octanol–water partition coefficient (Wildman–Crippen LogP) is 2.18. The molecule has 1 spiro atoms. The van der Waals surface area contributed by atoms with Crippen molar-refractivity contribution in [1.82, 2.24) is 9.80 Å². The van der Waals surface area contributed by atoms with Crippen LogP contribution in [-0.4, -0.2) is 54.0 Å². The number of carbonyl (C=O) groups is 2. The Labute approximate surface area is 146 Å². The summed E-state index contributed by atoms with van der Waals surface area (Å²) in [6, 6.07) is 17.2. The Morgan fingerprint density at radius 2 is 1.76 bits per heavy atom. The van der Waals surface area contributed by atoms with Gasteiger partial charge in [-0.1, -0.05) is 48.5 Å². The average molecular weight is 336 g/mol. The van der Waals surface area contributed by atoms with E-state index in [4.69, 9.17) is 4.74 Å². The van der Waals surface area contributed by atoms with Crippen molar-refractivity contribution in [3.05, 3.63) is 71.3 Å². The molecule has 0 N–H and O–H groups in total. The van der Waals surface area contributed by atoms with E-state index in [0.29, 0.717) is 30.9 Å². The molecule has 5 heteroatoms. The molecule has 2 aliphatic heterocycles. The van der Waals surface area contributed by atoms with E-state index in [1.807, 2.05) is 23.1 Å². The van der Waals surface area contributed by atoms with E-state index in [0.717, 1.165) is 19.4 Å². The van der Waals surface area contributed by atoms with E-state index in [9.17, 15) is 9.59 Å². The Kier molecular flexibility index (Phi) is 4.11. The van der Waals surface area contributed by atoms with Crippen molar-refractivity contribution in [3.63, 3.8) is 0 Å². The molecular formula is C20H20N2O3. The zero-order chi connectivity index (χ0) is 17.3. The fourth-order valence-corrected chi connectivity index (χ4v) is 3.69. The topological polar surface area (TPSA) is 49.9 Å². The number of ether oxygens (including phenoxy) is 1. The minimum atomic E-state index is -0.400. The summed E-state index contributed by atoms with van der Waals surface area (Å²) in [5.74, 6) is -0.0958. The van der Waals surface area contributed by atoms with Crippen LogP contribution >= 0.6 is 0 Å². The number of hydrogen-bond acceptors (Lipinski definition) is 4. The summed E-state index contributed by atoms with van der Waals surface area (Å²) >= 11 is 0. The van der Waals surface area contributed by atoms with Crippen molar-refractivity contribution in [2.45, 2.75) is 12.2 Å². The predicted molar refractivity (Wildman–Crippen MR) is 93.3 cm³/mol. The highest BCUT2D eigenvalue weighted by atomic mass is 16.5. The molecule has 2 aliphatic rings. The standard InChI is InChI=1S/C20H20N2O3/c23-13-17-8-4-5-9-18(17)19(24)22-11-10-21(20(22)14-25-15-20)12-16-6-2-1-3-7-16/h1-9,13H,10-12,14-15H2. The monoisotopic (exact) mass is 336 g/mol. The number of hydrogen-bond donors (Lipinski definition) is 0. The van der Waals surface area contributed by atoms with Gasteiger partial charge in [-0.15, -0.1) is 0 Å². The van der Waals surface area contributed by atoms with Crippen LogP contribution in [0.3, 0.4) is 0 Å². The molecule has 4 rings (SSSR count). The lowest BCUT2D eigenvalue weighted by Gasteiger charge is -2.49. The van der Waals surface area contributed by atoms with Crippen LogP contribution in [0.4, 0.5) is 0 Å². The molecule has 0 saturated carbocycles. The number of rotatable bonds is 4. The number of amides is 1. The molecule has 0 atom stereocenters.